The summed E-state index contributed by atoms with van der Waals surface area (Å²) >= 11 is 0. The van der Waals surface area contributed by atoms with E-state index >= 15 is 0 Å². The minimum atomic E-state index is -3.30. The summed E-state index contributed by atoms with van der Waals surface area (Å²) in [6, 6.07) is 16.6. The molecule has 7 nitrogen and oxygen atoms in total. The van der Waals surface area contributed by atoms with Crippen LogP contribution in [0.5, 0.6) is 5.75 Å². The standard InChI is InChI=1S/C21H28N4O3S/c1-22-21(23-12-17-29(26,27)20-6-4-3-5-7-20)25-15-13-24(14-16-25)18-8-10-19(28-2)11-9-18/h3-11H,12-17H2,1-2H3,(H,22,23). The van der Waals surface area contributed by atoms with Gasteiger partial charge in [-0.2, -0.15) is 0 Å². The molecule has 1 fully saturated rings. The average Bonchev–Trinajstić information content (AvgIpc) is 2.77. The Labute approximate surface area is 172 Å². The van der Waals surface area contributed by atoms with Gasteiger partial charge in [0.2, 0.25) is 0 Å². The van der Waals surface area contributed by atoms with E-state index < -0.39 is 9.84 Å². The van der Waals surface area contributed by atoms with Crippen molar-refractivity contribution in [3.8, 4) is 5.75 Å². The molecule has 0 radical (unpaired) electrons. The zero-order valence-electron chi connectivity index (χ0n) is 16.9. The Morgan fingerprint density at radius 3 is 2.28 bits per heavy atom. The quantitative estimate of drug-likeness (QED) is 0.572. The number of hydrogen-bond acceptors (Lipinski definition) is 5. The molecule has 1 saturated heterocycles. The Bertz CT molecular complexity index is 907. The van der Waals surface area contributed by atoms with Crippen molar-refractivity contribution in [1.29, 1.82) is 0 Å². The van der Waals surface area contributed by atoms with Gasteiger partial charge in [0.25, 0.3) is 0 Å². The third-order valence-electron chi connectivity index (χ3n) is 4.98. The summed E-state index contributed by atoms with van der Waals surface area (Å²) in [4.78, 5) is 9.16. The number of benzene rings is 2. The smallest absolute Gasteiger partial charge is 0.193 e. The monoisotopic (exact) mass is 416 g/mol. The highest BCUT2D eigenvalue weighted by Gasteiger charge is 2.20. The highest BCUT2D eigenvalue weighted by molar-refractivity contribution is 7.91. The molecule has 1 aliphatic rings. The van der Waals surface area contributed by atoms with Crippen LogP contribution in [0.15, 0.2) is 64.5 Å². The lowest BCUT2D eigenvalue weighted by molar-refractivity contribution is 0.373. The van der Waals surface area contributed by atoms with Gasteiger partial charge in [-0.1, -0.05) is 18.2 Å². The number of rotatable bonds is 6. The van der Waals surface area contributed by atoms with Crippen LogP contribution in [0.2, 0.25) is 0 Å². The maximum absolute atomic E-state index is 12.4. The molecule has 0 aliphatic carbocycles. The van der Waals surface area contributed by atoms with Gasteiger partial charge in [-0.25, -0.2) is 8.42 Å². The number of piperazine rings is 1. The molecule has 8 heteroatoms. The first-order valence-electron chi connectivity index (χ1n) is 9.66. The fraction of sp³-hybridized carbons (Fsp3) is 0.381. The maximum atomic E-state index is 12.4. The number of sulfone groups is 1. The number of nitrogens with zero attached hydrogens (tertiary/aromatic N) is 3. The number of ether oxygens (including phenoxy) is 1. The van der Waals surface area contributed by atoms with Crippen molar-refractivity contribution in [1.82, 2.24) is 10.2 Å². The molecule has 0 aromatic heterocycles. The van der Waals surface area contributed by atoms with Gasteiger partial charge >= 0.3 is 0 Å². The summed E-state index contributed by atoms with van der Waals surface area (Å²) in [5.41, 5.74) is 1.17. The predicted molar refractivity (Wildman–Crippen MR) is 117 cm³/mol. The van der Waals surface area contributed by atoms with Crippen LogP contribution in [0.1, 0.15) is 0 Å². The fourth-order valence-electron chi connectivity index (χ4n) is 3.34. The third-order valence-corrected chi connectivity index (χ3v) is 6.72. The van der Waals surface area contributed by atoms with E-state index in [0.29, 0.717) is 11.4 Å². The van der Waals surface area contributed by atoms with Crippen molar-refractivity contribution >= 4 is 21.5 Å². The highest BCUT2D eigenvalue weighted by atomic mass is 32.2. The van der Waals surface area contributed by atoms with Crippen LogP contribution < -0.4 is 15.0 Å². The van der Waals surface area contributed by atoms with Crippen LogP contribution in [-0.2, 0) is 9.84 Å². The Morgan fingerprint density at radius 2 is 1.69 bits per heavy atom. The van der Waals surface area contributed by atoms with Gasteiger partial charge in [-0.3, -0.25) is 4.99 Å². The largest absolute Gasteiger partial charge is 0.497 e. The summed E-state index contributed by atoms with van der Waals surface area (Å²) in [5.74, 6) is 1.62. The van der Waals surface area contributed by atoms with Gasteiger partial charge < -0.3 is 19.9 Å². The molecule has 1 N–H and O–H groups in total. The maximum Gasteiger partial charge on any atom is 0.193 e. The van der Waals surface area contributed by atoms with Gasteiger partial charge in [0.15, 0.2) is 15.8 Å². The zero-order valence-corrected chi connectivity index (χ0v) is 17.7. The first-order chi connectivity index (χ1) is 14.0. The number of anilines is 1. The normalized spacial score (nSPS) is 15.3. The van der Waals surface area contributed by atoms with E-state index in [-0.39, 0.29) is 5.75 Å². The van der Waals surface area contributed by atoms with Gasteiger partial charge in [0.1, 0.15) is 5.75 Å². The molecule has 0 saturated carbocycles. The SMILES string of the molecule is CN=C(NCCS(=O)(=O)c1ccccc1)N1CCN(c2ccc(OC)cc2)CC1. The van der Waals surface area contributed by atoms with E-state index in [4.69, 9.17) is 4.74 Å². The van der Waals surface area contributed by atoms with Crippen LogP contribution in [0.3, 0.4) is 0 Å². The fourth-order valence-corrected chi connectivity index (χ4v) is 4.52. The second kappa shape index (κ2) is 9.65. The molecule has 2 aromatic carbocycles. The first-order valence-corrected chi connectivity index (χ1v) is 11.3. The first kappa shape index (κ1) is 21.0. The molecule has 29 heavy (non-hydrogen) atoms. The molecule has 0 bridgehead atoms. The molecule has 0 spiro atoms. The number of hydrogen-bond donors (Lipinski definition) is 1. The van der Waals surface area contributed by atoms with Gasteiger partial charge in [0.05, 0.1) is 17.8 Å². The van der Waals surface area contributed by atoms with Crippen molar-refractivity contribution in [3.63, 3.8) is 0 Å². The summed E-state index contributed by atoms with van der Waals surface area (Å²) in [7, 11) is 0.0903. The minimum absolute atomic E-state index is 0.0296. The highest BCUT2D eigenvalue weighted by Crippen LogP contribution is 2.20. The Hall–Kier alpha value is -2.74. The summed E-state index contributed by atoms with van der Waals surface area (Å²) < 4.78 is 30.0. The van der Waals surface area contributed by atoms with Gasteiger partial charge in [-0.05, 0) is 36.4 Å². The van der Waals surface area contributed by atoms with Gasteiger partial charge in [0, 0.05) is 45.5 Å². The molecule has 3 rings (SSSR count). The summed E-state index contributed by atoms with van der Waals surface area (Å²) in [6.07, 6.45) is 0. The number of methoxy groups -OCH3 is 1. The molecule has 1 aliphatic heterocycles. The Morgan fingerprint density at radius 1 is 1.03 bits per heavy atom. The number of guanidine groups is 1. The molecule has 0 atom stereocenters. The van der Waals surface area contributed by atoms with E-state index in [1.165, 1.54) is 5.69 Å². The van der Waals surface area contributed by atoms with E-state index in [1.54, 1.807) is 38.4 Å². The van der Waals surface area contributed by atoms with E-state index in [9.17, 15) is 8.42 Å². The molecular formula is C21H28N4O3S. The third kappa shape index (κ3) is 5.41. The predicted octanol–water partition coefficient (Wildman–Crippen LogP) is 1.87. The Kier molecular flexibility index (Phi) is 6.98. The van der Waals surface area contributed by atoms with E-state index in [2.05, 4.69) is 32.2 Å². The topological polar surface area (TPSA) is 74.2 Å². The van der Waals surface area contributed by atoms with E-state index in [0.717, 1.165) is 37.9 Å². The minimum Gasteiger partial charge on any atom is -0.497 e. The van der Waals surface area contributed by atoms with Crippen LogP contribution in [0, 0.1) is 0 Å². The van der Waals surface area contributed by atoms with Crippen molar-refractivity contribution in [2.24, 2.45) is 4.99 Å². The zero-order chi connectivity index (χ0) is 20.7. The summed E-state index contributed by atoms with van der Waals surface area (Å²) in [6.45, 7) is 3.70. The molecule has 0 unspecified atom stereocenters. The lowest BCUT2D eigenvalue weighted by atomic mass is 10.2. The molecule has 1 heterocycles. The summed E-state index contributed by atoms with van der Waals surface area (Å²) in [5, 5.41) is 3.20. The molecule has 156 valence electrons. The van der Waals surface area contributed by atoms with Crippen LogP contribution >= 0.6 is 0 Å². The van der Waals surface area contributed by atoms with Gasteiger partial charge in [-0.15, -0.1) is 0 Å². The van der Waals surface area contributed by atoms with Crippen LogP contribution in [0.4, 0.5) is 5.69 Å². The lowest BCUT2D eigenvalue weighted by Gasteiger charge is -2.37. The number of aliphatic imine (C=N–C) groups is 1. The second-order valence-electron chi connectivity index (χ2n) is 6.78. The van der Waals surface area contributed by atoms with Crippen molar-refractivity contribution < 1.29 is 13.2 Å². The number of nitrogens with one attached hydrogen (secondary N) is 1. The van der Waals surface area contributed by atoms with Crippen LogP contribution in [-0.4, -0.2) is 71.9 Å². The lowest BCUT2D eigenvalue weighted by Crippen LogP contribution is -2.53. The molecular weight excluding hydrogens is 388 g/mol. The molecule has 2 aromatic rings. The average molecular weight is 417 g/mol. The Balaban J connectivity index is 1.50. The van der Waals surface area contributed by atoms with Crippen molar-refractivity contribution in [2.75, 3.05) is 57.5 Å². The van der Waals surface area contributed by atoms with Crippen molar-refractivity contribution in [3.05, 3.63) is 54.6 Å². The second-order valence-corrected chi connectivity index (χ2v) is 8.89. The van der Waals surface area contributed by atoms with Crippen LogP contribution in [0.25, 0.3) is 0 Å². The van der Waals surface area contributed by atoms with Crippen molar-refractivity contribution in [2.45, 2.75) is 4.90 Å². The van der Waals surface area contributed by atoms with E-state index in [1.807, 2.05) is 18.2 Å². The molecule has 0 amide bonds.